The molecule has 0 bridgehead atoms. The Bertz CT molecular complexity index is 99.0. The molecular weight excluding hydrogens is 136 g/mol. The largest absolute Gasteiger partial charge is 0.396 e. The second-order valence-electron chi connectivity index (χ2n) is 3.78. The fraction of sp³-hybridized carbons (Fsp3) is 1.00. The molecule has 1 aliphatic carbocycles. The maximum Gasteiger partial charge on any atom is 0.0461 e. The highest BCUT2D eigenvalue weighted by Crippen LogP contribution is 2.32. The van der Waals surface area contributed by atoms with E-state index in [1.807, 2.05) is 0 Å². The Morgan fingerprint density at radius 1 is 1.18 bits per heavy atom. The van der Waals surface area contributed by atoms with Crippen molar-refractivity contribution in [2.45, 2.75) is 45.4 Å². The summed E-state index contributed by atoms with van der Waals surface area (Å²) in [6.45, 7) is 2.66. The summed E-state index contributed by atoms with van der Waals surface area (Å²) in [5, 5.41) is 9.09. The molecule has 11 heavy (non-hydrogen) atoms. The molecule has 0 aromatic carbocycles. The molecule has 0 aliphatic heterocycles. The van der Waals surface area contributed by atoms with Crippen LogP contribution in [0.15, 0.2) is 0 Å². The van der Waals surface area contributed by atoms with Gasteiger partial charge in [-0.2, -0.15) is 0 Å². The van der Waals surface area contributed by atoms with Gasteiger partial charge in [0.2, 0.25) is 0 Å². The van der Waals surface area contributed by atoms with Gasteiger partial charge in [0.25, 0.3) is 0 Å². The fourth-order valence-corrected chi connectivity index (χ4v) is 2.28. The molecule has 0 radical (unpaired) electrons. The number of hydrogen-bond donors (Lipinski definition) is 1. The normalized spacial score (nSPS) is 32.2. The van der Waals surface area contributed by atoms with Crippen molar-refractivity contribution in [1.82, 2.24) is 0 Å². The lowest BCUT2D eigenvalue weighted by atomic mass is 9.77. The Hall–Kier alpha value is -0.0400. The van der Waals surface area contributed by atoms with Crippen LogP contribution >= 0.6 is 0 Å². The van der Waals surface area contributed by atoms with E-state index in [0.29, 0.717) is 12.5 Å². The van der Waals surface area contributed by atoms with Gasteiger partial charge in [-0.25, -0.2) is 0 Å². The fourth-order valence-electron chi connectivity index (χ4n) is 2.28. The molecule has 0 amide bonds. The third kappa shape index (κ3) is 2.48. The maximum atomic E-state index is 9.09. The van der Waals surface area contributed by atoms with E-state index < -0.39 is 0 Å². The van der Waals surface area contributed by atoms with Crippen LogP contribution in [-0.4, -0.2) is 11.7 Å². The topological polar surface area (TPSA) is 20.2 Å². The van der Waals surface area contributed by atoms with Crippen LogP contribution in [0.4, 0.5) is 0 Å². The predicted octanol–water partition coefficient (Wildman–Crippen LogP) is 2.59. The summed E-state index contributed by atoms with van der Waals surface area (Å²) in [6, 6.07) is 0. The summed E-state index contributed by atoms with van der Waals surface area (Å²) in [6.07, 6.45) is 7.96. The molecule has 1 aliphatic rings. The van der Waals surface area contributed by atoms with Gasteiger partial charge >= 0.3 is 0 Å². The molecule has 0 spiro atoms. The summed E-state index contributed by atoms with van der Waals surface area (Å²) in [4.78, 5) is 0. The zero-order chi connectivity index (χ0) is 8.10. The van der Waals surface area contributed by atoms with E-state index in [-0.39, 0.29) is 0 Å². The van der Waals surface area contributed by atoms with Crippen LogP contribution in [0.25, 0.3) is 0 Å². The van der Waals surface area contributed by atoms with Crippen LogP contribution in [-0.2, 0) is 0 Å². The van der Waals surface area contributed by atoms with E-state index in [1.165, 1.54) is 38.5 Å². The summed E-state index contributed by atoms with van der Waals surface area (Å²) < 4.78 is 0. The molecular formula is C10H20O. The second-order valence-corrected chi connectivity index (χ2v) is 3.78. The predicted molar refractivity (Wildman–Crippen MR) is 47.4 cm³/mol. The van der Waals surface area contributed by atoms with E-state index in [2.05, 4.69) is 6.92 Å². The van der Waals surface area contributed by atoms with Crippen molar-refractivity contribution in [3.63, 3.8) is 0 Å². The Labute approximate surface area is 69.8 Å². The first kappa shape index (κ1) is 9.05. The van der Waals surface area contributed by atoms with Crippen molar-refractivity contribution in [3.05, 3.63) is 0 Å². The number of aliphatic hydroxyl groups excluding tert-OH is 1. The van der Waals surface area contributed by atoms with Crippen molar-refractivity contribution >= 4 is 0 Å². The summed E-state index contributed by atoms with van der Waals surface area (Å²) in [7, 11) is 0. The molecule has 66 valence electrons. The molecule has 0 saturated heterocycles. The molecule has 0 aromatic rings. The van der Waals surface area contributed by atoms with Crippen molar-refractivity contribution in [1.29, 1.82) is 0 Å². The van der Waals surface area contributed by atoms with Gasteiger partial charge in [-0.15, -0.1) is 0 Å². The van der Waals surface area contributed by atoms with Crippen LogP contribution in [0.1, 0.15) is 45.4 Å². The van der Waals surface area contributed by atoms with Gasteiger partial charge in [0.15, 0.2) is 0 Å². The number of rotatable bonds is 3. The highest BCUT2D eigenvalue weighted by molar-refractivity contribution is 4.74. The first-order chi connectivity index (χ1) is 5.38. The molecule has 2 unspecified atom stereocenters. The molecule has 0 heterocycles. The Kier molecular flexibility index (Phi) is 3.92. The van der Waals surface area contributed by atoms with E-state index in [9.17, 15) is 0 Å². The van der Waals surface area contributed by atoms with Gasteiger partial charge in [0.1, 0.15) is 0 Å². The van der Waals surface area contributed by atoms with Gasteiger partial charge in [-0.1, -0.05) is 39.0 Å². The smallest absolute Gasteiger partial charge is 0.0461 e. The minimum absolute atomic E-state index is 0.421. The quantitative estimate of drug-likeness (QED) is 0.666. The minimum atomic E-state index is 0.421. The van der Waals surface area contributed by atoms with Gasteiger partial charge in [-0.05, 0) is 18.3 Å². The van der Waals surface area contributed by atoms with Crippen molar-refractivity contribution < 1.29 is 5.11 Å². The Morgan fingerprint density at radius 3 is 2.36 bits per heavy atom. The molecule has 1 heteroatoms. The lowest BCUT2D eigenvalue weighted by molar-refractivity contribution is 0.128. The van der Waals surface area contributed by atoms with Gasteiger partial charge in [0, 0.05) is 6.61 Å². The molecule has 2 atom stereocenters. The summed E-state index contributed by atoms with van der Waals surface area (Å²) in [5.41, 5.74) is 0. The zero-order valence-electron chi connectivity index (χ0n) is 7.55. The summed E-state index contributed by atoms with van der Waals surface area (Å²) >= 11 is 0. The van der Waals surface area contributed by atoms with Gasteiger partial charge < -0.3 is 5.11 Å². The van der Waals surface area contributed by atoms with E-state index in [1.54, 1.807) is 0 Å². The average molecular weight is 156 g/mol. The lowest BCUT2D eigenvalue weighted by Crippen LogP contribution is -2.22. The van der Waals surface area contributed by atoms with Crippen LogP contribution in [0, 0.1) is 11.8 Å². The minimum Gasteiger partial charge on any atom is -0.396 e. The molecule has 1 fully saturated rings. The zero-order valence-corrected chi connectivity index (χ0v) is 7.55. The lowest BCUT2D eigenvalue weighted by Gasteiger charge is -2.29. The maximum absolute atomic E-state index is 9.09. The van der Waals surface area contributed by atoms with E-state index in [4.69, 9.17) is 5.11 Å². The standard InChI is InChI=1S/C10H20O/c1-2-5-9-6-3-4-7-10(9)8-11/h9-11H,2-8H2,1H3. The van der Waals surface area contributed by atoms with Crippen LogP contribution < -0.4 is 0 Å². The van der Waals surface area contributed by atoms with Gasteiger partial charge in [0.05, 0.1) is 0 Å². The molecule has 1 N–H and O–H groups in total. The molecule has 1 rings (SSSR count). The first-order valence-corrected chi connectivity index (χ1v) is 4.99. The van der Waals surface area contributed by atoms with Crippen molar-refractivity contribution in [3.8, 4) is 0 Å². The second kappa shape index (κ2) is 4.76. The summed E-state index contributed by atoms with van der Waals surface area (Å²) in [5.74, 6) is 1.46. The van der Waals surface area contributed by atoms with E-state index >= 15 is 0 Å². The molecule has 1 nitrogen and oxygen atoms in total. The molecule has 1 saturated carbocycles. The highest BCUT2D eigenvalue weighted by atomic mass is 16.3. The highest BCUT2D eigenvalue weighted by Gasteiger charge is 2.22. The van der Waals surface area contributed by atoms with Crippen molar-refractivity contribution in [2.75, 3.05) is 6.61 Å². The number of hydrogen-bond acceptors (Lipinski definition) is 1. The van der Waals surface area contributed by atoms with Crippen LogP contribution in [0.5, 0.6) is 0 Å². The monoisotopic (exact) mass is 156 g/mol. The van der Waals surface area contributed by atoms with E-state index in [0.717, 1.165) is 5.92 Å². The Morgan fingerprint density at radius 2 is 1.82 bits per heavy atom. The van der Waals surface area contributed by atoms with Crippen LogP contribution in [0.2, 0.25) is 0 Å². The van der Waals surface area contributed by atoms with Crippen LogP contribution in [0.3, 0.4) is 0 Å². The molecule has 0 aromatic heterocycles. The number of aliphatic hydroxyl groups is 1. The first-order valence-electron chi connectivity index (χ1n) is 4.99. The third-order valence-corrected chi connectivity index (χ3v) is 2.96. The Balaban J connectivity index is 2.31. The average Bonchev–Trinajstić information content (AvgIpc) is 2.06. The SMILES string of the molecule is CCCC1CCCCC1CO. The van der Waals surface area contributed by atoms with Gasteiger partial charge in [-0.3, -0.25) is 0 Å². The van der Waals surface area contributed by atoms with Crippen molar-refractivity contribution in [2.24, 2.45) is 11.8 Å². The third-order valence-electron chi connectivity index (χ3n) is 2.96.